The molecule has 1 atom stereocenters. The van der Waals surface area contributed by atoms with Crippen molar-refractivity contribution in [3.05, 3.63) is 124 Å². The van der Waals surface area contributed by atoms with Gasteiger partial charge in [0.25, 0.3) is 0 Å². The Bertz CT molecular complexity index is 1390. The number of alkyl carbamates (subject to hydrolysis) is 1. The molecule has 0 spiro atoms. The zero-order valence-corrected chi connectivity index (χ0v) is 21.4. The Kier molecular flexibility index (Phi) is 7.23. The molecule has 2 N–H and O–H groups in total. The van der Waals surface area contributed by atoms with Crippen LogP contribution in [0.2, 0.25) is 0 Å². The number of carboxylic acid groups (broad SMARTS) is 1. The van der Waals surface area contributed by atoms with Crippen LogP contribution in [0.5, 0.6) is 5.75 Å². The number of fused-ring (bicyclic) bond motifs is 3. The number of benzene rings is 4. The SMILES string of the molecule is O=C(NC(C(=O)O)c1ccc(OCc2ccccc2)c(Br)c1)OCC1c2ccccc2-c2ccccc21. The van der Waals surface area contributed by atoms with Gasteiger partial charge in [-0.05, 0) is 61.4 Å². The number of carbonyl (C=O) groups excluding carboxylic acids is 1. The van der Waals surface area contributed by atoms with Crippen molar-refractivity contribution in [2.24, 2.45) is 0 Å². The van der Waals surface area contributed by atoms with Crippen LogP contribution in [0.25, 0.3) is 11.1 Å². The Morgan fingerprint density at radius 2 is 1.49 bits per heavy atom. The van der Waals surface area contributed by atoms with Gasteiger partial charge in [0.15, 0.2) is 6.04 Å². The maximum atomic E-state index is 12.7. The van der Waals surface area contributed by atoms with Crippen LogP contribution in [-0.4, -0.2) is 23.8 Å². The van der Waals surface area contributed by atoms with Crippen LogP contribution in [0.3, 0.4) is 0 Å². The van der Waals surface area contributed by atoms with Crippen LogP contribution in [0, 0.1) is 0 Å². The van der Waals surface area contributed by atoms with Crippen LogP contribution < -0.4 is 10.1 Å². The van der Waals surface area contributed by atoms with Crippen LogP contribution in [-0.2, 0) is 16.1 Å². The molecule has 0 heterocycles. The van der Waals surface area contributed by atoms with Gasteiger partial charge in [-0.3, -0.25) is 0 Å². The van der Waals surface area contributed by atoms with E-state index >= 15 is 0 Å². The molecule has 0 aliphatic heterocycles. The highest BCUT2D eigenvalue weighted by molar-refractivity contribution is 9.10. The van der Waals surface area contributed by atoms with Crippen molar-refractivity contribution in [2.45, 2.75) is 18.6 Å². The maximum absolute atomic E-state index is 12.7. The fourth-order valence-electron chi connectivity index (χ4n) is 4.59. The molecule has 4 aromatic rings. The van der Waals surface area contributed by atoms with Gasteiger partial charge in [0.1, 0.15) is 19.0 Å². The lowest BCUT2D eigenvalue weighted by atomic mass is 9.98. The van der Waals surface area contributed by atoms with Gasteiger partial charge in [0, 0.05) is 5.92 Å². The van der Waals surface area contributed by atoms with E-state index in [1.165, 1.54) is 0 Å². The number of rotatable bonds is 8. The summed E-state index contributed by atoms with van der Waals surface area (Å²) in [6.45, 7) is 0.474. The summed E-state index contributed by atoms with van der Waals surface area (Å²) in [5, 5.41) is 12.3. The first-order valence-corrected chi connectivity index (χ1v) is 12.6. The summed E-state index contributed by atoms with van der Waals surface area (Å²) < 4.78 is 12.0. The number of ether oxygens (including phenoxy) is 2. The topological polar surface area (TPSA) is 84.9 Å². The summed E-state index contributed by atoms with van der Waals surface area (Å²) in [6, 6.07) is 29.4. The molecule has 0 fully saturated rings. The van der Waals surface area contributed by atoms with Crippen LogP contribution in [0.1, 0.15) is 34.2 Å². The lowest BCUT2D eigenvalue weighted by Gasteiger charge is -2.18. The van der Waals surface area contributed by atoms with E-state index in [1.54, 1.807) is 18.2 Å². The number of halogens is 1. The van der Waals surface area contributed by atoms with E-state index in [4.69, 9.17) is 9.47 Å². The average Bonchev–Trinajstić information content (AvgIpc) is 3.24. The molecule has 0 bridgehead atoms. The molecule has 6 nitrogen and oxygen atoms in total. The molecule has 0 radical (unpaired) electrons. The second-order valence-electron chi connectivity index (χ2n) is 8.71. The average molecular weight is 558 g/mol. The molecule has 1 aliphatic rings. The van der Waals surface area contributed by atoms with Crippen molar-refractivity contribution in [3.8, 4) is 16.9 Å². The molecule has 37 heavy (non-hydrogen) atoms. The summed E-state index contributed by atoms with van der Waals surface area (Å²) in [6.07, 6.45) is -0.796. The monoisotopic (exact) mass is 557 g/mol. The van der Waals surface area contributed by atoms with Gasteiger partial charge in [0.2, 0.25) is 0 Å². The Morgan fingerprint density at radius 3 is 2.11 bits per heavy atom. The number of amides is 1. The van der Waals surface area contributed by atoms with Gasteiger partial charge in [-0.2, -0.15) is 0 Å². The van der Waals surface area contributed by atoms with Crippen molar-refractivity contribution in [1.82, 2.24) is 5.32 Å². The Balaban J connectivity index is 1.25. The normalized spacial score (nSPS) is 12.8. The van der Waals surface area contributed by atoms with Gasteiger partial charge >= 0.3 is 12.1 Å². The van der Waals surface area contributed by atoms with E-state index in [9.17, 15) is 14.7 Å². The van der Waals surface area contributed by atoms with Gasteiger partial charge in [0.05, 0.1) is 4.47 Å². The van der Waals surface area contributed by atoms with E-state index < -0.39 is 18.1 Å². The molecule has 4 aromatic carbocycles. The molecule has 1 aliphatic carbocycles. The number of carbonyl (C=O) groups is 2. The second-order valence-corrected chi connectivity index (χ2v) is 9.56. The summed E-state index contributed by atoms with van der Waals surface area (Å²) in [5.74, 6) is -0.743. The molecular weight excluding hydrogens is 534 g/mol. The summed E-state index contributed by atoms with van der Waals surface area (Å²) in [7, 11) is 0. The lowest BCUT2D eigenvalue weighted by Crippen LogP contribution is -2.34. The second kappa shape index (κ2) is 10.9. The van der Waals surface area contributed by atoms with Gasteiger partial charge in [-0.15, -0.1) is 0 Å². The van der Waals surface area contributed by atoms with E-state index in [0.29, 0.717) is 22.4 Å². The lowest BCUT2D eigenvalue weighted by molar-refractivity contribution is -0.139. The smallest absolute Gasteiger partial charge is 0.408 e. The number of nitrogens with one attached hydrogen (secondary N) is 1. The Morgan fingerprint density at radius 1 is 0.865 bits per heavy atom. The molecule has 186 valence electrons. The quantitative estimate of drug-likeness (QED) is 0.252. The minimum absolute atomic E-state index is 0.0994. The van der Waals surface area contributed by atoms with Crippen molar-refractivity contribution in [2.75, 3.05) is 6.61 Å². The first kappa shape index (κ1) is 24.6. The third-order valence-corrected chi connectivity index (χ3v) is 7.00. The van der Waals surface area contributed by atoms with E-state index in [-0.39, 0.29) is 12.5 Å². The standard InChI is InChI=1S/C30H24BrNO5/c31-26-16-20(14-15-27(26)36-17-19-8-2-1-3-9-19)28(29(33)34)32-30(35)37-18-25-23-12-6-4-10-21(23)22-11-5-7-13-24(22)25/h1-16,25,28H,17-18H2,(H,32,35)(H,33,34). The van der Waals surface area contributed by atoms with Crippen molar-refractivity contribution >= 4 is 28.0 Å². The van der Waals surface area contributed by atoms with Gasteiger partial charge in [-0.1, -0.05) is 84.9 Å². The highest BCUT2D eigenvalue weighted by atomic mass is 79.9. The predicted octanol–water partition coefficient (Wildman–Crippen LogP) is 6.69. The molecule has 0 saturated heterocycles. The van der Waals surface area contributed by atoms with Gasteiger partial charge in [-0.25, -0.2) is 9.59 Å². The predicted molar refractivity (Wildman–Crippen MR) is 143 cm³/mol. The highest BCUT2D eigenvalue weighted by Gasteiger charge is 2.30. The zero-order chi connectivity index (χ0) is 25.8. The first-order chi connectivity index (χ1) is 18.0. The van der Waals surface area contributed by atoms with Crippen molar-refractivity contribution in [3.63, 3.8) is 0 Å². The van der Waals surface area contributed by atoms with Crippen molar-refractivity contribution in [1.29, 1.82) is 0 Å². The van der Waals surface area contributed by atoms with Gasteiger partial charge < -0.3 is 19.9 Å². The Hall–Kier alpha value is -4.10. The molecule has 0 saturated carbocycles. The molecule has 1 amide bonds. The molecule has 1 unspecified atom stereocenters. The van der Waals surface area contributed by atoms with Crippen LogP contribution in [0.4, 0.5) is 4.79 Å². The van der Waals surface area contributed by atoms with Crippen LogP contribution in [0.15, 0.2) is 102 Å². The molecular formula is C30H24BrNO5. The number of hydrogen-bond acceptors (Lipinski definition) is 4. The number of carboxylic acids is 1. The molecule has 0 aromatic heterocycles. The third-order valence-electron chi connectivity index (χ3n) is 6.38. The third kappa shape index (κ3) is 5.37. The van der Waals surface area contributed by atoms with Crippen molar-refractivity contribution < 1.29 is 24.2 Å². The summed E-state index contributed by atoms with van der Waals surface area (Å²) in [5.41, 5.74) is 5.81. The van der Waals surface area contributed by atoms with Crippen LogP contribution >= 0.6 is 15.9 Å². The Labute approximate surface area is 223 Å². The number of hydrogen-bond donors (Lipinski definition) is 2. The summed E-state index contributed by atoms with van der Waals surface area (Å²) >= 11 is 3.45. The number of aliphatic carboxylic acids is 1. The minimum Gasteiger partial charge on any atom is -0.488 e. The highest BCUT2D eigenvalue weighted by Crippen LogP contribution is 2.44. The fourth-order valence-corrected chi connectivity index (χ4v) is 5.11. The van der Waals surface area contributed by atoms with E-state index in [1.807, 2.05) is 66.7 Å². The minimum atomic E-state index is -1.28. The van der Waals surface area contributed by atoms with E-state index in [0.717, 1.165) is 27.8 Å². The summed E-state index contributed by atoms with van der Waals surface area (Å²) in [4.78, 5) is 24.7. The molecule has 7 heteroatoms. The van der Waals surface area contributed by atoms with E-state index in [2.05, 4.69) is 33.4 Å². The zero-order valence-electron chi connectivity index (χ0n) is 19.8. The molecule has 5 rings (SSSR count). The maximum Gasteiger partial charge on any atom is 0.408 e. The largest absolute Gasteiger partial charge is 0.488 e. The first-order valence-electron chi connectivity index (χ1n) is 11.8. The fraction of sp³-hybridized carbons (Fsp3) is 0.133.